The van der Waals surface area contributed by atoms with Crippen molar-refractivity contribution in [3.8, 4) is 5.75 Å². The molecule has 2 fully saturated rings. The lowest BCUT2D eigenvalue weighted by Crippen LogP contribution is -2.47. The summed E-state index contributed by atoms with van der Waals surface area (Å²) < 4.78 is 43.9. The second kappa shape index (κ2) is 11.1. The first-order valence-corrected chi connectivity index (χ1v) is 9.73. The van der Waals surface area contributed by atoms with E-state index in [1.807, 2.05) is 6.07 Å². The number of benzene rings is 1. The van der Waals surface area contributed by atoms with Gasteiger partial charge in [-0.05, 0) is 37.0 Å². The highest BCUT2D eigenvalue weighted by Gasteiger charge is 2.37. The number of rotatable bonds is 4. The van der Waals surface area contributed by atoms with Crippen LogP contribution in [0.4, 0.5) is 13.2 Å². The molecule has 0 bridgehead atoms. The molecule has 1 aliphatic carbocycles. The molecule has 156 valence electrons. The van der Waals surface area contributed by atoms with Crippen LogP contribution < -0.4 is 10.1 Å². The molecule has 1 aromatic rings. The molecule has 2 aliphatic rings. The van der Waals surface area contributed by atoms with Gasteiger partial charge in [-0.15, -0.1) is 38.0 Å². The molecule has 0 spiro atoms. The molecule has 1 aromatic carbocycles. The Hall–Kier alpha value is -0.210. The van der Waals surface area contributed by atoms with E-state index in [2.05, 4.69) is 30.9 Å². The highest BCUT2D eigenvalue weighted by atomic mass is 79.9. The largest absolute Gasteiger partial charge is 0.573 e. The number of hydrogen-bond acceptors (Lipinski definition) is 3. The van der Waals surface area contributed by atoms with Crippen LogP contribution in [0.2, 0.25) is 0 Å². The lowest BCUT2D eigenvalue weighted by atomic mass is 9.80. The number of ether oxygens (including phenoxy) is 1. The predicted molar refractivity (Wildman–Crippen MR) is 109 cm³/mol. The maximum Gasteiger partial charge on any atom is 0.573 e. The second-order valence-electron chi connectivity index (χ2n) is 6.86. The second-order valence-corrected chi connectivity index (χ2v) is 7.77. The summed E-state index contributed by atoms with van der Waals surface area (Å²) in [6.07, 6.45) is 0.963. The molecule has 0 unspecified atom stereocenters. The van der Waals surface area contributed by atoms with Crippen LogP contribution in [-0.4, -0.2) is 37.4 Å². The molecule has 1 heterocycles. The molecule has 3 rings (SSSR count). The number of halogens is 6. The van der Waals surface area contributed by atoms with Crippen molar-refractivity contribution >= 4 is 40.7 Å². The number of nitrogens with zero attached hydrogens (tertiary/aromatic N) is 1. The summed E-state index contributed by atoms with van der Waals surface area (Å²) in [5.41, 5.74) is 0.653. The van der Waals surface area contributed by atoms with E-state index in [1.54, 1.807) is 6.07 Å². The third kappa shape index (κ3) is 6.96. The normalized spacial score (nSPS) is 20.3. The van der Waals surface area contributed by atoms with E-state index >= 15 is 0 Å². The minimum absolute atomic E-state index is 0. The zero-order chi connectivity index (χ0) is 17.9. The third-order valence-corrected chi connectivity index (χ3v) is 5.65. The molecule has 27 heavy (non-hydrogen) atoms. The van der Waals surface area contributed by atoms with E-state index in [0.29, 0.717) is 11.5 Å². The Balaban J connectivity index is 0.00000182. The summed E-state index contributed by atoms with van der Waals surface area (Å²) in [6, 6.07) is 4.82. The van der Waals surface area contributed by atoms with Crippen molar-refractivity contribution in [2.24, 2.45) is 5.92 Å². The maximum atomic E-state index is 12.9. The van der Waals surface area contributed by atoms with E-state index in [1.165, 1.54) is 12.5 Å². The minimum atomic E-state index is -4.68. The molecule has 0 radical (unpaired) electrons. The van der Waals surface area contributed by atoms with Gasteiger partial charge in [0, 0.05) is 42.3 Å². The lowest BCUT2D eigenvalue weighted by Gasteiger charge is -2.41. The third-order valence-electron chi connectivity index (χ3n) is 5.16. The van der Waals surface area contributed by atoms with Gasteiger partial charge in [-0.25, -0.2) is 0 Å². The lowest BCUT2D eigenvalue weighted by molar-refractivity contribution is -0.275. The average Bonchev–Trinajstić information content (AvgIpc) is 2.58. The Bertz CT molecular complexity index is 562. The van der Waals surface area contributed by atoms with Crippen LogP contribution >= 0.6 is 40.7 Å². The van der Waals surface area contributed by atoms with Gasteiger partial charge in [-0.2, -0.15) is 0 Å². The molecule has 1 atom stereocenters. The van der Waals surface area contributed by atoms with E-state index in [9.17, 15) is 13.2 Å². The fraction of sp³-hybridized carbons (Fsp3) is 0.667. The number of hydrogen-bond donors (Lipinski definition) is 1. The van der Waals surface area contributed by atoms with Gasteiger partial charge in [-0.1, -0.05) is 35.2 Å². The number of nitrogens with one attached hydrogen (secondary N) is 1. The SMILES string of the molecule is Cl.Cl.FC(F)(F)Oc1ccc(Br)cc1[C@H](C1CCCCC1)N1CCNCC1. The summed E-state index contributed by atoms with van der Waals surface area (Å²) in [7, 11) is 0. The van der Waals surface area contributed by atoms with Crippen molar-refractivity contribution in [3.63, 3.8) is 0 Å². The highest BCUT2D eigenvalue weighted by molar-refractivity contribution is 9.10. The van der Waals surface area contributed by atoms with Crippen molar-refractivity contribution in [1.29, 1.82) is 0 Å². The summed E-state index contributed by atoms with van der Waals surface area (Å²) in [6.45, 7) is 3.43. The van der Waals surface area contributed by atoms with Crippen molar-refractivity contribution in [1.82, 2.24) is 10.2 Å². The first kappa shape index (κ1) is 24.8. The zero-order valence-corrected chi connectivity index (χ0v) is 18.2. The Morgan fingerprint density at radius 3 is 2.30 bits per heavy atom. The van der Waals surface area contributed by atoms with Crippen molar-refractivity contribution in [2.45, 2.75) is 44.5 Å². The minimum Gasteiger partial charge on any atom is -0.405 e. The van der Waals surface area contributed by atoms with Gasteiger partial charge in [0.05, 0.1) is 0 Å². The molecular formula is C18H26BrCl2F3N2O. The molecule has 0 amide bonds. The first-order chi connectivity index (χ1) is 11.9. The smallest absolute Gasteiger partial charge is 0.405 e. The van der Waals surface area contributed by atoms with E-state index in [-0.39, 0.29) is 36.6 Å². The van der Waals surface area contributed by atoms with Crippen molar-refractivity contribution in [3.05, 3.63) is 28.2 Å². The van der Waals surface area contributed by atoms with Gasteiger partial charge in [0.1, 0.15) is 5.75 Å². The predicted octanol–water partition coefficient (Wildman–Crippen LogP) is 5.72. The van der Waals surface area contributed by atoms with Crippen LogP contribution in [0.25, 0.3) is 0 Å². The van der Waals surface area contributed by atoms with Crippen LogP contribution in [0.15, 0.2) is 22.7 Å². The number of alkyl halides is 3. The Morgan fingerprint density at radius 1 is 1.07 bits per heavy atom. The monoisotopic (exact) mass is 492 g/mol. The Morgan fingerprint density at radius 2 is 1.70 bits per heavy atom. The summed E-state index contributed by atoms with van der Waals surface area (Å²) >= 11 is 3.42. The summed E-state index contributed by atoms with van der Waals surface area (Å²) in [5.74, 6) is 0.307. The maximum absolute atomic E-state index is 12.9. The molecule has 1 N–H and O–H groups in total. The van der Waals surface area contributed by atoms with Crippen LogP contribution in [0.5, 0.6) is 5.75 Å². The van der Waals surface area contributed by atoms with E-state index in [0.717, 1.165) is 56.3 Å². The van der Waals surface area contributed by atoms with Crippen LogP contribution in [-0.2, 0) is 0 Å². The van der Waals surface area contributed by atoms with Gasteiger partial charge in [0.15, 0.2) is 0 Å². The summed E-state index contributed by atoms with van der Waals surface area (Å²) in [5, 5.41) is 3.33. The summed E-state index contributed by atoms with van der Waals surface area (Å²) in [4.78, 5) is 2.33. The van der Waals surface area contributed by atoms with Crippen LogP contribution in [0, 0.1) is 5.92 Å². The molecule has 0 aromatic heterocycles. The van der Waals surface area contributed by atoms with Crippen molar-refractivity contribution in [2.75, 3.05) is 26.2 Å². The fourth-order valence-corrected chi connectivity index (χ4v) is 4.51. The van der Waals surface area contributed by atoms with Crippen molar-refractivity contribution < 1.29 is 17.9 Å². The van der Waals surface area contributed by atoms with Gasteiger partial charge >= 0.3 is 6.36 Å². The molecular weight excluding hydrogens is 468 g/mol. The molecule has 1 saturated carbocycles. The molecule has 3 nitrogen and oxygen atoms in total. The zero-order valence-electron chi connectivity index (χ0n) is 14.9. The first-order valence-electron chi connectivity index (χ1n) is 8.94. The van der Waals surface area contributed by atoms with Gasteiger partial charge in [-0.3, -0.25) is 4.90 Å². The highest BCUT2D eigenvalue weighted by Crippen LogP contribution is 2.43. The van der Waals surface area contributed by atoms with Crippen LogP contribution in [0.1, 0.15) is 43.7 Å². The standard InChI is InChI=1S/C18H24BrF3N2O.2ClH/c19-14-6-7-16(25-18(20,21)22)15(12-14)17(13-4-2-1-3-5-13)24-10-8-23-9-11-24;;/h6-7,12-13,17,23H,1-5,8-11H2;2*1H/t17-;;/m0../s1. The van der Waals surface area contributed by atoms with Gasteiger partial charge in [0.2, 0.25) is 0 Å². The fourth-order valence-electron chi connectivity index (χ4n) is 4.13. The Kier molecular flexibility index (Phi) is 10.2. The average molecular weight is 494 g/mol. The van der Waals surface area contributed by atoms with Gasteiger partial charge in [0.25, 0.3) is 0 Å². The quantitative estimate of drug-likeness (QED) is 0.580. The van der Waals surface area contributed by atoms with E-state index in [4.69, 9.17) is 0 Å². The Labute approximate surface area is 179 Å². The van der Waals surface area contributed by atoms with Crippen LogP contribution in [0.3, 0.4) is 0 Å². The number of piperazine rings is 1. The van der Waals surface area contributed by atoms with Gasteiger partial charge < -0.3 is 10.1 Å². The topological polar surface area (TPSA) is 24.5 Å². The van der Waals surface area contributed by atoms with E-state index < -0.39 is 6.36 Å². The molecule has 1 aliphatic heterocycles. The molecule has 1 saturated heterocycles. The molecule has 9 heteroatoms.